The molecular formula is C22H23N3O2. The number of rotatable bonds is 6. The fourth-order valence-electron chi connectivity index (χ4n) is 3.06. The quantitative estimate of drug-likeness (QED) is 0.733. The van der Waals surface area contributed by atoms with Gasteiger partial charge in [0.15, 0.2) is 0 Å². The van der Waals surface area contributed by atoms with Crippen molar-refractivity contribution in [1.82, 2.24) is 14.9 Å². The summed E-state index contributed by atoms with van der Waals surface area (Å²) < 4.78 is 0. The van der Waals surface area contributed by atoms with Crippen LogP contribution in [0.3, 0.4) is 0 Å². The number of carbonyl (C=O) groups is 1. The molecule has 5 nitrogen and oxygen atoms in total. The van der Waals surface area contributed by atoms with Crippen LogP contribution in [0, 0.1) is 13.8 Å². The third kappa shape index (κ3) is 4.91. The molecular weight excluding hydrogens is 338 g/mol. The molecule has 3 rings (SSSR count). The fourth-order valence-corrected chi connectivity index (χ4v) is 3.06. The molecule has 3 aromatic rings. The lowest BCUT2D eigenvalue weighted by Crippen LogP contribution is -2.33. The molecule has 0 atom stereocenters. The van der Waals surface area contributed by atoms with Crippen molar-refractivity contribution in [2.45, 2.75) is 33.4 Å². The van der Waals surface area contributed by atoms with E-state index in [1.807, 2.05) is 60.7 Å². The lowest BCUT2D eigenvalue weighted by atomic mass is 10.1. The number of aryl methyl sites for hydroxylation is 2. The van der Waals surface area contributed by atoms with Gasteiger partial charge in [-0.25, -0.2) is 4.98 Å². The molecule has 0 aliphatic heterocycles. The molecule has 0 aliphatic carbocycles. The monoisotopic (exact) mass is 361 g/mol. The Bertz CT molecular complexity index is 924. The summed E-state index contributed by atoms with van der Waals surface area (Å²) in [6.07, 6.45) is 0.0358. The summed E-state index contributed by atoms with van der Waals surface area (Å²) in [6, 6.07) is 19.7. The molecule has 0 aliphatic rings. The predicted octanol–water partition coefficient (Wildman–Crippen LogP) is 3.16. The van der Waals surface area contributed by atoms with E-state index in [9.17, 15) is 9.59 Å². The summed E-state index contributed by atoms with van der Waals surface area (Å²) in [5.74, 6) is 0.459. The predicted molar refractivity (Wildman–Crippen MR) is 105 cm³/mol. The number of nitrogens with one attached hydrogen (secondary N) is 1. The van der Waals surface area contributed by atoms with E-state index in [0.717, 1.165) is 11.1 Å². The van der Waals surface area contributed by atoms with Gasteiger partial charge in [-0.1, -0.05) is 60.7 Å². The summed E-state index contributed by atoms with van der Waals surface area (Å²) in [7, 11) is 0. The minimum atomic E-state index is -0.243. The molecule has 1 aromatic heterocycles. The van der Waals surface area contributed by atoms with E-state index in [0.29, 0.717) is 30.2 Å². The van der Waals surface area contributed by atoms with E-state index in [4.69, 9.17) is 0 Å². The maximum absolute atomic E-state index is 13.1. The van der Waals surface area contributed by atoms with Crippen molar-refractivity contribution in [1.29, 1.82) is 0 Å². The molecule has 5 heteroatoms. The number of amides is 1. The number of hydrogen-bond acceptors (Lipinski definition) is 3. The molecule has 0 radical (unpaired) electrons. The zero-order chi connectivity index (χ0) is 19.2. The van der Waals surface area contributed by atoms with Crippen LogP contribution in [0.25, 0.3) is 0 Å². The lowest BCUT2D eigenvalue weighted by Gasteiger charge is -2.23. The van der Waals surface area contributed by atoms with Gasteiger partial charge in [-0.2, -0.15) is 0 Å². The summed E-state index contributed by atoms with van der Waals surface area (Å²) in [5, 5.41) is 0. The molecule has 0 saturated heterocycles. The number of carbonyl (C=O) groups excluding carboxylic acids is 1. The minimum Gasteiger partial charge on any atom is -0.334 e. The molecule has 27 heavy (non-hydrogen) atoms. The number of H-pyrrole nitrogens is 1. The second-order valence-corrected chi connectivity index (χ2v) is 6.61. The van der Waals surface area contributed by atoms with Crippen LogP contribution in [-0.4, -0.2) is 20.8 Å². The summed E-state index contributed by atoms with van der Waals surface area (Å²) in [6.45, 7) is 4.48. The Morgan fingerprint density at radius 2 is 1.44 bits per heavy atom. The highest BCUT2D eigenvalue weighted by Gasteiger charge is 2.18. The molecule has 0 spiro atoms. The van der Waals surface area contributed by atoms with Crippen LogP contribution in [0.15, 0.2) is 65.5 Å². The first-order chi connectivity index (χ1) is 13.0. The Morgan fingerprint density at radius 3 is 1.93 bits per heavy atom. The molecule has 1 N–H and O–H groups in total. The first kappa shape index (κ1) is 18.6. The van der Waals surface area contributed by atoms with E-state index in [-0.39, 0.29) is 17.9 Å². The van der Waals surface area contributed by atoms with Gasteiger partial charge >= 0.3 is 0 Å². The second kappa shape index (κ2) is 8.45. The van der Waals surface area contributed by atoms with Crippen molar-refractivity contribution < 1.29 is 4.79 Å². The van der Waals surface area contributed by atoms with Crippen LogP contribution in [0.5, 0.6) is 0 Å². The number of nitrogens with zero attached hydrogens (tertiary/aromatic N) is 2. The van der Waals surface area contributed by atoms with Crippen LogP contribution < -0.4 is 5.56 Å². The summed E-state index contributed by atoms with van der Waals surface area (Å²) in [5.41, 5.74) is 2.89. The van der Waals surface area contributed by atoms with Crippen molar-refractivity contribution in [2.24, 2.45) is 0 Å². The number of benzene rings is 2. The van der Waals surface area contributed by atoms with Gasteiger partial charge in [0, 0.05) is 24.3 Å². The van der Waals surface area contributed by atoms with Crippen molar-refractivity contribution in [3.8, 4) is 0 Å². The lowest BCUT2D eigenvalue weighted by molar-refractivity contribution is -0.131. The van der Waals surface area contributed by atoms with E-state index < -0.39 is 0 Å². The first-order valence-corrected chi connectivity index (χ1v) is 8.95. The van der Waals surface area contributed by atoms with E-state index in [1.54, 1.807) is 18.7 Å². The van der Waals surface area contributed by atoms with Crippen LogP contribution in [0.2, 0.25) is 0 Å². The molecule has 1 heterocycles. The van der Waals surface area contributed by atoms with Gasteiger partial charge in [-0.3, -0.25) is 9.59 Å². The summed E-state index contributed by atoms with van der Waals surface area (Å²) in [4.78, 5) is 34.1. The Morgan fingerprint density at radius 1 is 0.926 bits per heavy atom. The largest absolute Gasteiger partial charge is 0.334 e. The molecule has 138 valence electrons. The third-order valence-corrected chi connectivity index (χ3v) is 4.45. The van der Waals surface area contributed by atoms with Crippen LogP contribution in [-0.2, 0) is 24.3 Å². The molecule has 2 aromatic carbocycles. The third-order valence-electron chi connectivity index (χ3n) is 4.45. The number of aromatic amines is 1. The van der Waals surface area contributed by atoms with Crippen molar-refractivity contribution in [2.75, 3.05) is 0 Å². The zero-order valence-corrected chi connectivity index (χ0v) is 15.6. The molecule has 0 unspecified atom stereocenters. The van der Waals surface area contributed by atoms with E-state index in [2.05, 4.69) is 9.97 Å². The first-order valence-electron chi connectivity index (χ1n) is 8.95. The average Bonchev–Trinajstić information content (AvgIpc) is 2.65. The molecule has 0 bridgehead atoms. The van der Waals surface area contributed by atoms with Gasteiger partial charge in [0.05, 0.1) is 6.42 Å². The molecule has 0 fully saturated rings. The zero-order valence-electron chi connectivity index (χ0n) is 15.6. The van der Waals surface area contributed by atoms with Crippen molar-refractivity contribution >= 4 is 5.91 Å². The highest BCUT2D eigenvalue weighted by molar-refractivity contribution is 5.79. The number of aromatic nitrogens is 2. The smallest absolute Gasteiger partial charge is 0.254 e. The fraction of sp³-hybridized carbons (Fsp3) is 0.227. The second-order valence-electron chi connectivity index (χ2n) is 6.61. The Labute approximate surface area is 158 Å². The average molecular weight is 361 g/mol. The van der Waals surface area contributed by atoms with Gasteiger partial charge in [-0.05, 0) is 25.0 Å². The maximum atomic E-state index is 13.1. The van der Waals surface area contributed by atoms with Crippen molar-refractivity contribution in [3.05, 3.63) is 99.2 Å². The molecule has 0 saturated carbocycles. The molecule has 1 amide bonds. The Kier molecular flexibility index (Phi) is 5.81. The summed E-state index contributed by atoms with van der Waals surface area (Å²) >= 11 is 0. The Hall–Kier alpha value is -3.21. The highest BCUT2D eigenvalue weighted by atomic mass is 16.2. The van der Waals surface area contributed by atoms with E-state index >= 15 is 0 Å². The van der Waals surface area contributed by atoms with Gasteiger partial charge in [-0.15, -0.1) is 0 Å². The van der Waals surface area contributed by atoms with Gasteiger partial charge in [0.25, 0.3) is 5.56 Å². The van der Waals surface area contributed by atoms with Crippen molar-refractivity contribution in [3.63, 3.8) is 0 Å². The van der Waals surface area contributed by atoms with Crippen LogP contribution >= 0.6 is 0 Å². The van der Waals surface area contributed by atoms with Gasteiger partial charge < -0.3 is 9.88 Å². The Balaban J connectivity index is 1.85. The van der Waals surface area contributed by atoms with Crippen LogP contribution in [0.1, 0.15) is 28.2 Å². The topological polar surface area (TPSA) is 66.1 Å². The van der Waals surface area contributed by atoms with E-state index in [1.165, 1.54) is 0 Å². The highest BCUT2D eigenvalue weighted by Crippen LogP contribution is 2.12. The van der Waals surface area contributed by atoms with Gasteiger partial charge in [0.1, 0.15) is 5.82 Å². The minimum absolute atomic E-state index is 0.0358. The number of hydrogen-bond donors (Lipinski definition) is 1. The standard InChI is InChI=1S/C22H23N3O2/c1-16-20(22(27)24-17(2)23-16)13-21(26)25(14-18-9-5-3-6-10-18)15-19-11-7-4-8-12-19/h3-12H,13-15H2,1-2H3,(H,23,24,27). The van der Waals surface area contributed by atoms with Gasteiger partial charge in [0.2, 0.25) is 5.91 Å². The maximum Gasteiger partial charge on any atom is 0.254 e. The normalized spacial score (nSPS) is 10.6. The SMILES string of the molecule is Cc1nc(C)c(CC(=O)N(Cc2ccccc2)Cc2ccccc2)c(=O)[nH]1. The van der Waals surface area contributed by atoms with Crippen LogP contribution in [0.4, 0.5) is 0 Å².